The zero-order valence-electron chi connectivity index (χ0n) is 13.5. The number of nitrogens with zero attached hydrogens (tertiary/aromatic N) is 6. The van der Waals surface area contributed by atoms with E-state index in [9.17, 15) is 0 Å². The van der Waals surface area contributed by atoms with Crippen molar-refractivity contribution in [3.05, 3.63) is 66.6 Å². The van der Waals surface area contributed by atoms with E-state index in [2.05, 4.69) is 37.4 Å². The molecule has 0 spiro atoms. The van der Waals surface area contributed by atoms with E-state index in [0.29, 0.717) is 5.95 Å². The van der Waals surface area contributed by atoms with Crippen LogP contribution in [0.4, 0.5) is 5.95 Å². The third kappa shape index (κ3) is 2.50. The fourth-order valence-corrected chi connectivity index (χ4v) is 2.72. The number of rotatable bonds is 4. The molecule has 7 heteroatoms. The quantitative estimate of drug-likeness (QED) is 0.625. The lowest BCUT2D eigenvalue weighted by Gasteiger charge is -2.19. The van der Waals surface area contributed by atoms with Crippen molar-refractivity contribution in [2.75, 3.05) is 5.32 Å². The van der Waals surface area contributed by atoms with Crippen molar-refractivity contribution in [3.8, 4) is 0 Å². The number of imidazole rings is 2. The van der Waals surface area contributed by atoms with Gasteiger partial charge in [0.2, 0.25) is 5.95 Å². The highest BCUT2D eigenvalue weighted by Gasteiger charge is 2.19. The Labute approximate surface area is 139 Å². The van der Waals surface area contributed by atoms with Crippen LogP contribution in [0.15, 0.2) is 55.2 Å². The molecule has 1 aromatic carbocycles. The van der Waals surface area contributed by atoms with E-state index in [-0.39, 0.29) is 6.04 Å². The third-order valence-corrected chi connectivity index (χ3v) is 3.98. The van der Waals surface area contributed by atoms with Crippen LogP contribution in [0.5, 0.6) is 0 Å². The molecule has 1 unspecified atom stereocenters. The molecule has 4 rings (SSSR count). The predicted molar refractivity (Wildman–Crippen MR) is 91.4 cm³/mol. The molecule has 4 aromatic rings. The second-order valence-corrected chi connectivity index (χ2v) is 5.64. The van der Waals surface area contributed by atoms with Crippen LogP contribution in [0, 0.1) is 0 Å². The number of aryl methyl sites for hydroxylation is 2. The minimum absolute atomic E-state index is 0.142. The van der Waals surface area contributed by atoms with E-state index >= 15 is 0 Å². The van der Waals surface area contributed by atoms with Crippen LogP contribution >= 0.6 is 0 Å². The van der Waals surface area contributed by atoms with Gasteiger partial charge < -0.3 is 14.5 Å². The number of anilines is 1. The molecule has 0 fully saturated rings. The Morgan fingerprint density at radius 2 is 1.83 bits per heavy atom. The number of aromatic nitrogens is 6. The van der Waals surface area contributed by atoms with Crippen LogP contribution < -0.4 is 5.32 Å². The van der Waals surface area contributed by atoms with Gasteiger partial charge in [-0.05, 0) is 5.56 Å². The van der Waals surface area contributed by atoms with Crippen LogP contribution in [0.1, 0.15) is 17.4 Å². The second-order valence-electron chi connectivity index (χ2n) is 5.64. The molecule has 7 nitrogen and oxygen atoms in total. The van der Waals surface area contributed by atoms with E-state index in [1.54, 1.807) is 18.7 Å². The summed E-state index contributed by atoms with van der Waals surface area (Å²) < 4.78 is 3.87. The lowest BCUT2D eigenvalue weighted by atomic mass is 10.1. The van der Waals surface area contributed by atoms with Gasteiger partial charge >= 0.3 is 0 Å². The molecule has 0 radical (unpaired) electrons. The summed E-state index contributed by atoms with van der Waals surface area (Å²) >= 11 is 0. The highest BCUT2D eigenvalue weighted by molar-refractivity contribution is 5.70. The summed E-state index contributed by atoms with van der Waals surface area (Å²) in [6, 6.07) is 10.0. The average Bonchev–Trinajstić information content (AvgIpc) is 3.20. The molecular formula is C17H17N7. The molecule has 0 saturated carbocycles. The SMILES string of the molecule is Cn1ccnc1C(Nc1ncc2ncn(C)c2n1)c1ccccc1. The molecule has 0 aliphatic rings. The van der Waals surface area contributed by atoms with Crippen LogP contribution in [0.3, 0.4) is 0 Å². The Balaban J connectivity index is 1.76. The first-order chi connectivity index (χ1) is 11.7. The molecule has 0 bridgehead atoms. The largest absolute Gasteiger partial charge is 0.340 e. The topological polar surface area (TPSA) is 73.5 Å². The molecule has 0 aliphatic carbocycles. The van der Waals surface area contributed by atoms with Gasteiger partial charge in [0.1, 0.15) is 17.4 Å². The Bertz CT molecular complexity index is 971. The second kappa shape index (κ2) is 5.77. The van der Waals surface area contributed by atoms with Crippen molar-refractivity contribution in [1.29, 1.82) is 0 Å². The zero-order chi connectivity index (χ0) is 16.5. The van der Waals surface area contributed by atoms with Gasteiger partial charge in [0, 0.05) is 26.5 Å². The fraction of sp³-hybridized carbons (Fsp3) is 0.176. The third-order valence-electron chi connectivity index (χ3n) is 3.98. The maximum atomic E-state index is 4.58. The molecule has 0 saturated heterocycles. The Morgan fingerprint density at radius 1 is 1.00 bits per heavy atom. The minimum Gasteiger partial charge on any atom is -0.340 e. The van der Waals surface area contributed by atoms with Gasteiger partial charge in [0.25, 0.3) is 0 Å². The lowest BCUT2D eigenvalue weighted by molar-refractivity contribution is 0.742. The fourth-order valence-electron chi connectivity index (χ4n) is 2.72. The van der Waals surface area contributed by atoms with Gasteiger partial charge in [-0.15, -0.1) is 0 Å². The lowest BCUT2D eigenvalue weighted by Crippen LogP contribution is -2.18. The van der Waals surface area contributed by atoms with Gasteiger partial charge in [-0.2, -0.15) is 4.98 Å². The Hall–Kier alpha value is -3.22. The molecular weight excluding hydrogens is 302 g/mol. The highest BCUT2D eigenvalue weighted by Crippen LogP contribution is 2.24. The van der Waals surface area contributed by atoms with Crippen LogP contribution in [-0.4, -0.2) is 29.1 Å². The van der Waals surface area contributed by atoms with Gasteiger partial charge in [0.15, 0.2) is 5.65 Å². The highest BCUT2D eigenvalue weighted by atomic mass is 15.2. The van der Waals surface area contributed by atoms with Crippen LogP contribution in [0.25, 0.3) is 11.2 Å². The van der Waals surface area contributed by atoms with Gasteiger partial charge in [-0.3, -0.25) is 0 Å². The van der Waals surface area contributed by atoms with Gasteiger partial charge in [-0.1, -0.05) is 30.3 Å². The molecule has 3 heterocycles. The smallest absolute Gasteiger partial charge is 0.225 e. The first-order valence-corrected chi connectivity index (χ1v) is 7.65. The number of hydrogen-bond acceptors (Lipinski definition) is 5. The first kappa shape index (κ1) is 14.4. The maximum Gasteiger partial charge on any atom is 0.225 e. The molecule has 24 heavy (non-hydrogen) atoms. The summed E-state index contributed by atoms with van der Waals surface area (Å²) in [5, 5.41) is 3.40. The van der Waals surface area contributed by atoms with Crippen molar-refractivity contribution in [2.24, 2.45) is 14.1 Å². The number of benzene rings is 1. The summed E-state index contributed by atoms with van der Waals surface area (Å²) in [6.45, 7) is 0. The molecule has 0 aliphatic heterocycles. The molecule has 0 amide bonds. The van der Waals surface area contributed by atoms with Crippen molar-refractivity contribution in [2.45, 2.75) is 6.04 Å². The Kier molecular flexibility index (Phi) is 3.45. The number of nitrogens with one attached hydrogen (secondary N) is 1. The molecule has 1 N–H and O–H groups in total. The average molecular weight is 319 g/mol. The summed E-state index contributed by atoms with van der Waals surface area (Å²) in [7, 11) is 3.89. The summed E-state index contributed by atoms with van der Waals surface area (Å²) in [5.74, 6) is 1.44. The Morgan fingerprint density at radius 3 is 2.58 bits per heavy atom. The standard InChI is InChI=1S/C17H17N7/c1-23-9-8-18-16(23)14(12-6-4-3-5-7-12)21-17-19-10-13-15(22-17)24(2)11-20-13/h3-11,14H,1-2H3,(H,19,21,22). The van der Waals surface area contributed by atoms with Crippen LogP contribution in [0.2, 0.25) is 0 Å². The maximum absolute atomic E-state index is 4.58. The van der Waals surface area contributed by atoms with Gasteiger partial charge in [-0.25, -0.2) is 15.0 Å². The van der Waals surface area contributed by atoms with E-state index in [0.717, 1.165) is 22.6 Å². The first-order valence-electron chi connectivity index (χ1n) is 7.65. The summed E-state index contributed by atoms with van der Waals surface area (Å²) in [5.41, 5.74) is 2.66. The molecule has 120 valence electrons. The van der Waals surface area contributed by atoms with E-state index in [1.807, 2.05) is 47.6 Å². The van der Waals surface area contributed by atoms with Crippen molar-refractivity contribution >= 4 is 17.1 Å². The monoisotopic (exact) mass is 319 g/mol. The van der Waals surface area contributed by atoms with Crippen molar-refractivity contribution < 1.29 is 0 Å². The van der Waals surface area contributed by atoms with Crippen LogP contribution in [-0.2, 0) is 14.1 Å². The summed E-state index contributed by atoms with van der Waals surface area (Å²) in [6.07, 6.45) is 7.18. The number of fused-ring (bicyclic) bond motifs is 1. The van der Waals surface area contributed by atoms with Crippen molar-refractivity contribution in [1.82, 2.24) is 29.1 Å². The predicted octanol–water partition coefficient (Wildman–Crippen LogP) is 2.30. The van der Waals surface area contributed by atoms with E-state index in [1.165, 1.54) is 0 Å². The summed E-state index contributed by atoms with van der Waals surface area (Å²) in [4.78, 5) is 17.7. The minimum atomic E-state index is -0.142. The molecule has 3 aromatic heterocycles. The normalized spacial score (nSPS) is 12.4. The van der Waals surface area contributed by atoms with E-state index in [4.69, 9.17) is 0 Å². The number of hydrogen-bond donors (Lipinski definition) is 1. The molecule has 1 atom stereocenters. The van der Waals surface area contributed by atoms with Gasteiger partial charge in [0.05, 0.1) is 12.5 Å². The van der Waals surface area contributed by atoms with Crippen molar-refractivity contribution in [3.63, 3.8) is 0 Å². The zero-order valence-corrected chi connectivity index (χ0v) is 13.5. The van der Waals surface area contributed by atoms with E-state index < -0.39 is 0 Å².